The highest BCUT2D eigenvalue weighted by molar-refractivity contribution is 5.80. The number of carbonyl (C=O) groups is 1. The maximum atomic E-state index is 12.3. The fourth-order valence-corrected chi connectivity index (χ4v) is 4.95. The number of rotatable bonds is 29. The van der Waals surface area contributed by atoms with Crippen molar-refractivity contribution in [2.24, 2.45) is 0 Å². The van der Waals surface area contributed by atoms with Gasteiger partial charge in [-0.05, 0) is 38.5 Å². The average Bonchev–Trinajstić information content (AvgIpc) is 2.92. The molecule has 0 spiro atoms. The second kappa shape index (κ2) is 29.1. The monoisotopic (exact) mass is 539 g/mol. The fraction of sp³-hybridized carbons (Fsp3) is 0.909. The van der Waals surface area contributed by atoms with Gasteiger partial charge in [-0.15, -0.1) is 0 Å². The van der Waals surface area contributed by atoms with E-state index in [1.165, 1.54) is 109 Å². The van der Waals surface area contributed by atoms with E-state index in [-0.39, 0.29) is 6.61 Å². The molecule has 226 valence electrons. The van der Waals surface area contributed by atoms with E-state index in [0.717, 1.165) is 32.1 Å². The lowest BCUT2D eigenvalue weighted by Crippen LogP contribution is -2.49. The Morgan fingerprint density at radius 2 is 1.00 bits per heavy atom. The Hall–Kier alpha value is -0.910. The molecule has 0 aliphatic rings. The normalized spacial score (nSPS) is 14.1. The largest absolute Gasteiger partial charge is 0.394 e. The number of allylic oxidation sites excluding steroid dienone is 2. The fourth-order valence-electron chi connectivity index (χ4n) is 4.95. The van der Waals surface area contributed by atoms with Crippen LogP contribution in [0.5, 0.6) is 0 Å². The van der Waals surface area contributed by atoms with Gasteiger partial charge in [0.05, 0.1) is 18.8 Å². The minimum atomic E-state index is -1.07. The molecule has 0 saturated carbocycles. The zero-order valence-corrected chi connectivity index (χ0v) is 25.3. The Labute approximate surface area is 236 Å². The standard InChI is InChI=1S/C33H65NO4/c1-3-5-7-9-11-13-15-16-17-18-20-22-24-26-28-32(37)33(38)34-30(29-35)31(36)27-25-23-21-19-14-12-10-8-6-4-2/h13,15,30-32,35-37H,3-12,14,16-29H2,1-2H3,(H,34,38)/b15-13-. The first-order valence-corrected chi connectivity index (χ1v) is 16.5. The highest BCUT2D eigenvalue weighted by atomic mass is 16.3. The van der Waals surface area contributed by atoms with Crippen LogP contribution in [0, 0.1) is 0 Å². The van der Waals surface area contributed by atoms with E-state index in [9.17, 15) is 20.1 Å². The first-order valence-electron chi connectivity index (χ1n) is 16.5. The van der Waals surface area contributed by atoms with Crippen molar-refractivity contribution in [1.82, 2.24) is 5.32 Å². The summed E-state index contributed by atoms with van der Waals surface area (Å²) in [5.41, 5.74) is 0. The van der Waals surface area contributed by atoms with Crippen LogP contribution in [0.4, 0.5) is 0 Å². The average molecular weight is 540 g/mol. The van der Waals surface area contributed by atoms with Crippen LogP contribution < -0.4 is 5.32 Å². The summed E-state index contributed by atoms with van der Waals surface area (Å²) in [6, 6.07) is -0.707. The second-order valence-corrected chi connectivity index (χ2v) is 11.4. The van der Waals surface area contributed by atoms with Gasteiger partial charge in [0.15, 0.2) is 0 Å². The van der Waals surface area contributed by atoms with Crippen LogP contribution in [-0.2, 0) is 4.79 Å². The van der Waals surface area contributed by atoms with E-state index in [4.69, 9.17) is 0 Å². The molecule has 3 unspecified atom stereocenters. The molecule has 3 atom stereocenters. The van der Waals surface area contributed by atoms with Gasteiger partial charge in [0, 0.05) is 0 Å². The van der Waals surface area contributed by atoms with Gasteiger partial charge >= 0.3 is 0 Å². The zero-order chi connectivity index (χ0) is 28.1. The van der Waals surface area contributed by atoms with E-state index in [1.54, 1.807) is 0 Å². The van der Waals surface area contributed by atoms with Gasteiger partial charge in [-0.1, -0.05) is 142 Å². The number of amides is 1. The van der Waals surface area contributed by atoms with Crippen molar-refractivity contribution in [3.63, 3.8) is 0 Å². The molecule has 5 nitrogen and oxygen atoms in total. The molecule has 0 heterocycles. The number of nitrogens with one attached hydrogen (secondary N) is 1. The molecule has 0 aromatic carbocycles. The van der Waals surface area contributed by atoms with Crippen molar-refractivity contribution in [2.75, 3.05) is 6.61 Å². The van der Waals surface area contributed by atoms with E-state index >= 15 is 0 Å². The van der Waals surface area contributed by atoms with Gasteiger partial charge in [-0.3, -0.25) is 4.79 Å². The Bertz CT molecular complexity index is 525. The van der Waals surface area contributed by atoms with E-state index in [0.29, 0.717) is 12.8 Å². The maximum absolute atomic E-state index is 12.3. The van der Waals surface area contributed by atoms with Crippen molar-refractivity contribution in [2.45, 2.75) is 186 Å². The third-order valence-corrected chi connectivity index (χ3v) is 7.63. The van der Waals surface area contributed by atoms with Crippen LogP contribution in [0.1, 0.15) is 168 Å². The summed E-state index contributed by atoms with van der Waals surface area (Å²) in [4.78, 5) is 12.3. The van der Waals surface area contributed by atoms with Crippen molar-refractivity contribution >= 4 is 5.91 Å². The summed E-state index contributed by atoms with van der Waals surface area (Å²) in [6.45, 7) is 4.17. The highest BCUT2D eigenvalue weighted by Gasteiger charge is 2.23. The van der Waals surface area contributed by atoms with Crippen LogP contribution in [0.25, 0.3) is 0 Å². The topological polar surface area (TPSA) is 89.8 Å². The summed E-state index contributed by atoms with van der Waals surface area (Å²) < 4.78 is 0. The molecule has 0 rings (SSSR count). The summed E-state index contributed by atoms with van der Waals surface area (Å²) >= 11 is 0. The summed E-state index contributed by atoms with van der Waals surface area (Å²) in [7, 11) is 0. The van der Waals surface area contributed by atoms with Crippen molar-refractivity contribution in [1.29, 1.82) is 0 Å². The predicted molar refractivity (Wildman–Crippen MR) is 162 cm³/mol. The van der Waals surface area contributed by atoms with Gasteiger partial charge < -0.3 is 20.6 Å². The smallest absolute Gasteiger partial charge is 0.249 e. The van der Waals surface area contributed by atoms with E-state index < -0.39 is 24.2 Å². The molecule has 4 N–H and O–H groups in total. The first kappa shape index (κ1) is 37.1. The molecule has 0 fully saturated rings. The van der Waals surface area contributed by atoms with Crippen molar-refractivity contribution in [3.8, 4) is 0 Å². The molecule has 5 heteroatoms. The van der Waals surface area contributed by atoms with Crippen LogP contribution in [0.3, 0.4) is 0 Å². The van der Waals surface area contributed by atoms with Gasteiger partial charge in [0.25, 0.3) is 0 Å². The van der Waals surface area contributed by atoms with Crippen LogP contribution in [0.15, 0.2) is 12.2 Å². The quantitative estimate of drug-likeness (QED) is 0.0570. The van der Waals surface area contributed by atoms with Crippen molar-refractivity contribution in [3.05, 3.63) is 12.2 Å². The molecule has 0 aliphatic carbocycles. The molecule has 0 radical (unpaired) electrons. The minimum Gasteiger partial charge on any atom is -0.394 e. The molecule has 0 bridgehead atoms. The molecule has 0 aromatic rings. The minimum absolute atomic E-state index is 0.314. The third kappa shape index (κ3) is 24.2. The number of unbranched alkanes of at least 4 members (excludes halogenated alkanes) is 19. The molecule has 0 aliphatic heterocycles. The molecule has 0 aromatic heterocycles. The molecular formula is C33H65NO4. The Morgan fingerprint density at radius 1 is 0.605 bits per heavy atom. The third-order valence-electron chi connectivity index (χ3n) is 7.63. The zero-order valence-electron chi connectivity index (χ0n) is 25.3. The summed E-state index contributed by atoms with van der Waals surface area (Å²) in [5.74, 6) is -0.479. The Balaban J connectivity index is 3.74. The van der Waals surface area contributed by atoms with Crippen molar-refractivity contribution < 1.29 is 20.1 Å². The molecule has 38 heavy (non-hydrogen) atoms. The van der Waals surface area contributed by atoms with Gasteiger partial charge in [0.1, 0.15) is 6.10 Å². The Kier molecular flexibility index (Phi) is 28.4. The second-order valence-electron chi connectivity index (χ2n) is 11.4. The summed E-state index contributed by atoms with van der Waals surface area (Å²) in [6.07, 6.45) is 30.4. The maximum Gasteiger partial charge on any atom is 0.249 e. The number of hydrogen-bond donors (Lipinski definition) is 4. The van der Waals surface area contributed by atoms with Gasteiger partial charge in [-0.25, -0.2) is 0 Å². The van der Waals surface area contributed by atoms with E-state index in [2.05, 4.69) is 31.3 Å². The SMILES string of the molecule is CCCCCC/C=C\CCCCCCCCC(O)C(=O)NC(CO)C(O)CCCCCCCCCCCC. The number of aliphatic hydroxyl groups is 3. The summed E-state index contributed by atoms with van der Waals surface area (Å²) in [5, 5.41) is 32.9. The van der Waals surface area contributed by atoms with Crippen LogP contribution in [-0.4, -0.2) is 46.1 Å². The van der Waals surface area contributed by atoms with Crippen LogP contribution in [0.2, 0.25) is 0 Å². The molecular weight excluding hydrogens is 474 g/mol. The first-order chi connectivity index (χ1) is 18.6. The lowest BCUT2D eigenvalue weighted by Gasteiger charge is -2.23. The molecule has 0 saturated heterocycles. The lowest BCUT2D eigenvalue weighted by atomic mass is 10.0. The Morgan fingerprint density at radius 3 is 1.47 bits per heavy atom. The molecule has 1 amide bonds. The number of carbonyl (C=O) groups excluding carboxylic acids is 1. The highest BCUT2D eigenvalue weighted by Crippen LogP contribution is 2.14. The van der Waals surface area contributed by atoms with Gasteiger partial charge in [-0.2, -0.15) is 0 Å². The predicted octanol–water partition coefficient (Wildman–Crippen LogP) is 8.14. The van der Waals surface area contributed by atoms with Crippen LogP contribution >= 0.6 is 0 Å². The lowest BCUT2D eigenvalue weighted by molar-refractivity contribution is -0.131. The van der Waals surface area contributed by atoms with E-state index in [1.807, 2.05) is 0 Å². The number of hydrogen-bond acceptors (Lipinski definition) is 4. The van der Waals surface area contributed by atoms with Gasteiger partial charge in [0.2, 0.25) is 5.91 Å². The number of aliphatic hydroxyl groups excluding tert-OH is 3.